The highest BCUT2D eigenvalue weighted by molar-refractivity contribution is 6.37. The van der Waals surface area contributed by atoms with Crippen molar-refractivity contribution in [2.75, 3.05) is 13.7 Å². The van der Waals surface area contributed by atoms with Gasteiger partial charge in [-0.2, -0.15) is 0 Å². The van der Waals surface area contributed by atoms with Crippen molar-refractivity contribution in [1.29, 1.82) is 0 Å². The number of hydrogen-bond donors (Lipinski definition) is 0. The second-order valence-corrected chi connectivity index (χ2v) is 6.64. The lowest BCUT2D eigenvalue weighted by Gasteiger charge is -2.21. The van der Waals surface area contributed by atoms with Gasteiger partial charge in [0.05, 0.1) is 34.3 Å². The first-order valence-electron chi connectivity index (χ1n) is 8.54. The second-order valence-electron chi connectivity index (χ2n) is 5.82. The molecule has 2 aromatic carbocycles. The molecule has 8 nitrogen and oxygen atoms in total. The molecule has 0 aromatic heterocycles. The first-order valence-corrected chi connectivity index (χ1v) is 9.30. The quantitative estimate of drug-likeness (QED) is 0.241. The molecule has 0 saturated carbocycles. The summed E-state index contributed by atoms with van der Waals surface area (Å²) in [6.07, 6.45) is -1.38. The van der Waals surface area contributed by atoms with E-state index >= 15 is 0 Å². The number of nitro groups is 1. The van der Waals surface area contributed by atoms with Crippen LogP contribution >= 0.6 is 23.2 Å². The lowest BCUT2D eigenvalue weighted by Crippen LogP contribution is -2.20. The molecule has 0 aliphatic carbocycles. The third kappa shape index (κ3) is 5.08. The van der Waals surface area contributed by atoms with Gasteiger partial charge in [0.15, 0.2) is 11.9 Å². The molecule has 10 heteroatoms. The summed E-state index contributed by atoms with van der Waals surface area (Å²) < 4.78 is 15.5. The van der Waals surface area contributed by atoms with Crippen LogP contribution in [-0.4, -0.2) is 30.6 Å². The fourth-order valence-corrected chi connectivity index (χ4v) is 3.02. The van der Waals surface area contributed by atoms with E-state index in [1.165, 1.54) is 43.5 Å². The number of halogens is 2. The van der Waals surface area contributed by atoms with E-state index in [0.717, 1.165) is 0 Å². The lowest BCUT2D eigenvalue weighted by atomic mass is 10.0. The monoisotopic (exact) mass is 453 g/mol. The normalized spacial score (nSPS) is 11.3. The average Bonchev–Trinajstić information content (AvgIpc) is 2.72. The van der Waals surface area contributed by atoms with Crippen molar-refractivity contribution in [2.45, 2.75) is 13.0 Å². The summed E-state index contributed by atoms with van der Waals surface area (Å²) in [4.78, 5) is 35.6. The summed E-state index contributed by atoms with van der Waals surface area (Å²) in [5.74, 6) is -1.82. The fourth-order valence-electron chi connectivity index (χ4n) is 2.56. The Hall–Kier alpha value is -3.10. The Morgan fingerprint density at radius 3 is 2.47 bits per heavy atom. The Morgan fingerprint density at radius 2 is 1.87 bits per heavy atom. The zero-order chi connectivity index (χ0) is 22.4. The van der Waals surface area contributed by atoms with Crippen molar-refractivity contribution in [1.82, 2.24) is 0 Å². The maximum atomic E-state index is 12.9. The van der Waals surface area contributed by atoms with Gasteiger partial charge in [-0.25, -0.2) is 9.59 Å². The van der Waals surface area contributed by atoms with Crippen LogP contribution in [0.4, 0.5) is 5.69 Å². The van der Waals surface area contributed by atoms with Crippen molar-refractivity contribution in [3.8, 4) is 5.75 Å². The molecule has 0 amide bonds. The molecule has 158 valence electrons. The number of rotatable bonds is 8. The van der Waals surface area contributed by atoms with Gasteiger partial charge in [0.1, 0.15) is 5.56 Å². The number of nitrogens with zero attached hydrogens (tertiary/aromatic N) is 1. The van der Waals surface area contributed by atoms with Crippen LogP contribution in [0.1, 0.15) is 28.9 Å². The van der Waals surface area contributed by atoms with Gasteiger partial charge in [-0.3, -0.25) is 10.1 Å². The second kappa shape index (κ2) is 10.1. The number of carbonyl (C=O) groups excluding carboxylic acids is 2. The number of esters is 2. The zero-order valence-electron chi connectivity index (χ0n) is 16.0. The molecule has 1 unspecified atom stereocenters. The number of ether oxygens (including phenoxy) is 3. The number of benzene rings is 2. The molecule has 0 aliphatic rings. The molecule has 0 aliphatic heterocycles. The summed E-state index contributed by atoms with van der Waals surface area (Å²) in [6, 6.07) is 8.08. The highest BCUT2D eigenvalue weighted by atomic mass is 35.5. The van der Waals surface area contributed by atoms with Gasteiger partial charge < -0.3 is 14.2 Å². The van der Waals surface area contributed by atoms with Gasteiger partial charge in [0.2, 0.25) is 0 Å². The van der Waals surface area contributed by atoms with Gasteiger partial charge in [0.25, 0.3) is 5.69 Å². The Kier molecular flexibility index (Phi) is 7.79. The third-order valence-electron chi connectivity index (χ3n) is 3.93. The maximum Gasteiger partial charge on any atom is 0.344 e. The Labute approximate surface area is 182 Å². The minimum atomic E-state index is -1.38. The molecule has 2 aromatic rings. The van der Waals surface area contributed by atoms with Gasteiger partial charge in [-0.15, -0.1) is 0 Å². The topological polar surface area (TPSA) is 105 Å². The Bertz CT molecular complexity index is 1010. The van der Waals surface area contributed by atoms with E-state index < -0.39 is 23.0 Å². The van der Waals surface area contributed by atoms with E-state index in [0.29, 0.717) is 0 Å². The predicted octanol–water partition coefficient (Wildman–Crippen LogP) is 4.93. The first-order chi connectivity index (χ1) is 14.2. The first kappa shape index (κ1) is 23.2. The molecule has 0 spiro atoms. The van der Waals surface area contributed by atoms with Crippen LogP contribution < -0.4 is 4.74 Å². The molecule has 0 bridgehead atoms. The van der Waals surface area contributed by atoms with Gasteiger partial charge in [0, 0.05) is 17.7 Å². The minimum absolute atomic E-state index is 0.000731. The predicted molar refractivity (Wildman–Crippen MR) is 110 cm³/mol. The number of carbonyl (C=O) groups is 2. The van der Waals surface area contributed by atoms with Crippen LogP contribution in [0.2, 0.25) is 10.0 Å². The van der Waals surface area contributed by atoms with Crippen LogP contribution in [0.25, 0.3) is 0 Å². The molecule has 0 heterocycles. The Morgan fingerprint density at radius 1 is 1.20 bits per heavy atom. The largest absolute Gasteiger partial charge is 0.494 e. The summed E-state index contributed by atoms with van der Waals surface area (Å²) in [6.45, 7) is 5.29. The van der Waals surface area contributed by atoms with Gasteiger partial charge >= 0.3 is 11.9 Å². The molecular formula is C20H17Cl2NO7. The third-order valence-corrected chi connectivity index (χ3v) is 4.54. The summed E-state index contributed by atoms with van der Waals surface area (Å²) >= 11 is 12.2. The highest BCUT2D eigenvalue weighted by Gasteiger charge is 2.30. The van der Waals surface area contributed by atoms with Crippen LogP contribution in [0.3, 0.4) is 0 Å². The Balaban J connectivity index is 2.51. The smallest absolute Gasteiger partial charge is 0.344 e. The van der Waals surface area contributed by atoms with Crippen molar-refractivity contribution in [3.05, 3.63) is 79.8 Å². The highest BCUT2D eigenvalue weighted by Crippen LogP contribution is 2.37. The molecule has 0 saturated heterocycles. The lowest BCUT2D eigenvalue weighted by molar-refractivity contribution is -0.385. The van der Waals surface area contributed by atoms with Crippen molar-refractivity contribution in [3.63, 3.8) is 0 Å². The molecule has 30 heavy (non-hydrogen) atoms. The number of hydrogen-bond acceptors (Lipinski definition) is 7. The molecular weight excluding hydrogens is 437 g/mol. The summed E-state index contributed by atoms with van der Waals surface area (Å²) in [5.41, 5.74) is -0.516. The van der Waals surface area contributed by atoms with Crippen LogP contribution in [0, 0.1) is 10.1 Å². The van der Waals surface area contributed by atoms with Crippen molar-refractivity contribution in [2.24, 2.45) is 0 Å². The van der Waals surface area contributed by atoms with E-state index in [4.69, 9.17) is 37.4 Å². The van der Waals surface area contributed by atoms with Crippen molar-refractivity contribution >= 4 is 40.8 Å². The standard InChI is InChI=1S/C20H17Cl2NO7/c1-4-29-19(24)11(2)17(12-6-5-7-13(10-12)23(26)27)30-20(25)16-14(21)8-9-15(22)18(16)28-3/h5-10,17H,2,4H2,1,3H3. The maximum absolute atomic E-state index is 12.9. The van der Waals surface area contributed by atoms with Crippen LogP contribution in [-0.2, 0) is 14.3 Å². The van der Waals surface area contributed by atoms with E-state index in [9.17, 15) is 19.7 Å². The van der Waals surface area contributed by atoms with E-state index in [1.54, 1.807) is 6.92 Å². The van der Waals surface area contributed by atoms with E-state index in [-0.39, 0.29) is 44.8 Å². The van der Waals surface area contributed by atoms with Gasteiger partial charge in [-0.05, 0) is 19.1 Å². The molecule has 0 fully saturated rings. The number of methoxy groups -OCH3 is 1. The van der Waals surface area contributed by atoms with Crippen LogP contribution in [0.5, 0.6) is 5.75 Å². The van der Waals surface area contributed by atoms with Gasteiger partial charge in [-0.1, -0.05) is 41.9 Å². The number of nitro benzene ring substituents is 1. The summed E-state index contributed by atoms with van der Waals surface area (Å²) in [5, 5.41) is 11.2. The average molecular weight is 454 g/mol. The van der Waals surface area contributed by atoms with E-state index in [1.807, 2.05) is 0 Å². The minimum Gasteiger partial charge on any atom is -0.494 e. The fraction of sp³-hybridized carbons (Fsp3) is 0.200. The number of non-ortho nitro benzene ring substituents is 1. The van der Waals surface area contributed by atoms with E-state index in [2.05, 4.69) is 6.58 Å². The van der Waals surface area contributed by atoms with Crippen LogP contribution in [0.15, 0.2) is 48.6 Å². The zero-order valence-corrected chi connectivity index (χ0v) is 17.5. The van der Waals surface area contributed by atoms with Crippen molar-refractivity contribution < 1.29 is 28.7 Å². The summed E-state index contributed by atoms with van der Waals surface area (Å²) in [7, 11) is 1.30. The molecule has 0 radical (unpaired) electrons. The molecule has 1 atom stereocenters. The SMILES string of the molecule is C=C(C(=O)OCC)C(OC(=O)c1c(Cl)ccc(Cl)c1OC)c1cccc([N+](=O)[O-])c1. The molecule has 0 N–H and O–H groups in total. The molecule has 2 rings (SSSR count).